The van der Waals surface area contributed by atoms with Crippen molar-refractivity contribution in [2.75, 3.05) is 13.1 Å². The normalized spacial score (nSPS) is 18.6. The van der Waals surface area contributed by atoms with Crippen molar-refractivity contribution in [2.24, 2.45) is 0 Å². The van der Waals surface area contributed by atoms with Crippen LogP contribution in [0.15, 0.2) is 50.6 Å². The first-order valence-electron chi connectivity index (χ1n) is 7.60. The Bertz CT molecular complexity index is 1060. The Morgan fingerprint density at radius 3 is 3.00 bits per heavy atom. The number of nitrogens with one attached hydrogen (secondary N) is 1. The Morgan fingerprint density at radius 2 is 2.20 bits per heavy atom. The lowest BCUT2D eigenvalue weighted by Gasteiger charge is -2.16. The number of sulfonamides is 1. The molecule has 1 N–H and O–H groups in total. The van der Waals surface area contributed by atoms with Crippen molar-refractivity contribution in [1.29, 1.82) is 0 Å². The summed E-state index contributed by atoms with van der Waals surface area (Å²) in [5.41, 5.74) is 0.659. The van der Waals surface area contributed by atoms with E-state index < -0.39 is 15.8 Å². The van der Waals surface area contributed by atoms with Crippen molar-refractivity contribution in [3.63, 3.8) is 0 Å². The van der Waals surface area contributed by atoms with Gasteiger partial charge in [-0.3, -0.25) is 4.98 Å². The first kappa shape index (κ1) is 15.8. The highest BCUT2D eigenvalue weighted by atomic mass is 32.2. The third kappa shape index (κ3) is 3.01. The highest BCUT2D eigenvalue weighted by Crippen LogP contribution is 2.25. The summed E-state index contributed by atoms with van der Waals surface area (Å²) in [6.45, 7) is 0.562. The van der Waals surface area contributed by atoms with Crippen molar-refractivity contribution in [3.05, 3.63) is 47.1 Å². The van der Waals surface area contributed by atoms with Crippen LogP contribution in [-0.2, 0) is 10.0 Å². The lowest BCUT2D eigenvalue weighted by atomic mass is 10.3. The molecule has 9 nitrogen and oxygen atoms in total. The molecule has 0 bridgehead atoms. The van der Waals surface area contributed by atoms with E-state index in [0.717, 1.165) is 0 Å². The van der Waals surface area contributed by atoms with Gasteiger partial charge in [0.25, 0.3) is 0 Å². The molecule has 1 aromatic carbocycles. The van der Waals surface area contributed by atoms with E-state index in [2.05, 4.69) is 15.2 Å². The summed E-state index contributed by atoms with van der Waals surface area (Å²) in [5.74, 6) is -0.257. The molecule has 130 valence electrons. The fourth-order valence-corrected chi connectivity index (χ4v) is 4.29. The van der Waals surface area contributed by atoms with E-state index in [9.17, 15) is 13.2 Å². The maximum atomic E-state index is 12.8. The van der Waals surface area contributed by atoms with Crippen LogP contribution in [0.3, 0.4) is 0 Å². The number of aromatic nitrogens is 3. The molecule has 1 fully saturated rings. The predicted octanol–water partition coefficient (Wildman–Crippen LogP) is 0.753. The highest BCUT2D eigenvalue weighted by Gasteiger charge is 2.34. The zero-order chi connectivity index (χ0) is 17.4. The van der Waals surface area contributed by atoms with Crippen LogP contribution in [0.25, 0.3) is 11.1 Å². The summed E-state index contributed by atoms with van der Waals surface area (Å²) in [6, 6.07) is 7.65. The number of hydrogen-bond donors (Lipinski definition) is 1. The van der Waals surface area contributed by atoms with Crippen molar-refractivity contribution < 1.29 is 17.6 Å². The van der Waals surface area contributed by atoms with E-state index in [-0.39, 0.29) is 17.5 Å². The van der Waals surface area contributed by atoms with Crippen LogP contribution in [-0.4, -0.2) is 47.1 Å². The molecule has 0 radical (unpaired) electrons. The monoisotopic (exact) mass is 362 g/mol. The molecular formula is C15H14N4O5S. The summed E-state index contributed by atoms with van der Waals surface area (Å²) in [4.78, 5) is 13.8. The number of nitrogens with zero attached hydrogens (tertiary/aromatic N) is 3. The van der Waals surface area contributed by atoms with Crippen molar-refractivity contribution in [3.8, 4) is 5.88 Å². The third-order valence-corrected chi connectivity index (χ3v) is 5.83. The Kier molecular flexibility index (Phi) is 3.77. The fourth-order valence-electron chi connectivity index (χ4n) is 2.77. The Hall–Kier alpha value is -2.72. The van der Waals surface area contributed by atoms with Gasteiger partial charge in [0.05, 0.1) is 17.0 Å². The van der Waals surface area contributed by atoms with Crippen LogP contribution in [0, 0.1) is 0 Å². The van der Waals surface area contributed by atoms with Crippen molar-refractivity contribution in [1.82, 2.24) is 19.5 Å². The van der Waals surface area contributed by atoms with E-state index in [4.69, 9.17) is 9.15 Å². The summed E-state index contributed by atoms with van der Waals surface area (Å²) in [5, 5.41) is 7.57. The van der Waals surface area contributed by atoms with Gasteiger partial charge in [-0.15, -0.1) is 5.10 Å². The molecule has 1 aliphatic heterocycles. The molecule has 4 rings (SSSR count). The molecule has 10 heteroatoms. The van der Waals surface area contributed by atoms with Gasteiger partial charge in [-0.05, 0) is 30.7 Å². The second kappa shape index (κ2) is 5.97. The first-order valence-corrected chi connectivity index (χ1v) is 9.04. The SMILES string of the molecule is O=c1[nH]c2cc(S(=O)(=O)N3CC[C@@H](Oc4cccnn4)C3)ccc2o1. The van der Waals surface area contributed by atoms with Crippen LogP contribution in [0.1, 0.15) is 6.42 Å². The average Bonchev–Trinajstić information content (AvgIpc) is 3.21. The number of ether oxygens (including phenoxy) is 1. The number of aromatic amines is 1. The largest absolute Gasteiger partial charge is 0.472 e. The number of benzene rings is 1. The van der Waals surface area contributed by atoms with Gasteiger partial charge in [-0.2, -0.15) is 9.40 Å². The van der Waals surface area contributed by atoms with E-state index >= 15 is 0 Å². The molecule has 3 heterocycles. The Labute approximate surface area is 142 Å². The maximum Gasteiger partial charge on any atom is 0.417 e. The Balaban J connectivity index is 1.54. The number of H-pyrrole nitrogens is 1. The quantitative estimate of drug-likeness (QED) is 0.727. The Morgan fingerprint density at radius 1 is 1.32 bits per heavy atom. The highest BCUT2D eigenvalue weighted by molar-refractivity contribution is 7.89. The number of rotatable bonds is 4. The van der Waals surface area contributed by atoms with Gasteiger partial charge in [0, 0.05) is 18.8 Å². The lowest BCUT2D eigenvalue weighted by molar-refractivity contribution is 0.204. The summed E-state index contributed by atoms with van der Waals surface area (Å²) >= 11 is 0. The van der Waals surface area contributed by atoms with Crippen molar-refractivity contribution >= 4 is 21.1 Å². The number of fused-ring (bicyclic) bond motifs is 1. The average molecular weight is 362 g/mol. The van der Waals surface area contributed by atoms with E-state index in [1.807, 2.05) is 0 Å². The van der Waals surface area contributed by atoms with Gasteiger partial charge in [-0.1, -0.05) is 0 Å². The van der Waals surface area contributed by atoms with E-state index in [0.29, 0.717) is 29.9 Å². The summed E-state index contributed by atoms with van der Waals surface area (Å²) in [7, 11) is -3.69. The van der Waals surface area contributed by atoms with Gasteiger partial charge < -0.3 is 9.15 Å². The van der Waals surface area contributed by atoms with Crippen LogP contribution < -0.4 is 10.5 Å². The third-order valence-electron chi connectivity index (χ3n) is 3.97. The van der Waals surface area contributed by atoms with Crippen molar-refractivity contribution in [2.45, 2.75) is 17.4 Å². The smallest absolute Gasteiger partial charge is 0.417 e. The number of hydrogen-bond acceptors (Lipinski definition) is 7. The molecule has 1 atom stereocenters. The molecule has 1 aliphatic rings. The molecule has 3 aromatic rings. The summed E-state index contributed by atoms with van der Waals surface area (Å²) in [6.07, 6.45) is 1.80. The zero-order valence-corrected chi connectivity index (χ0v) is 13.8. The summed E-state index contributed by atoms with van der Waals surface area (Å²) < 4.78 is 37.5. The minimum absolute atomic E-state index is 0.0946. The second-order valence-corrected chi connectivity index (χ2v) is 7.56. The van der Waals surface area contributed by atoms with Crippen LogP contribution >= 0.6 is 0 Å². The molecule has 25 heavy (non-hydrogen) atoms. The van der Waals surface area contributed by atoms with E-state index in [1.54, 1.807) is 12.1 Å². The topological polar surface area (TPSA) is 118 Å². The second-order valence-electron chi connectivity index (χ2n) is 5.63. The van der Waals surface area contributed by atoms with Gasteiger partial charge in [0.15, 0.2) is 5.58 Å². The minimum atomic E-state index is -3.69. The zero-order valence-electron chi connectivity index (χ0n) is 13.0. The molecule has 0 spiro atoms. The maximum absolute atomic E-state index is 12.8. The molecule has 0 amide bonds. The molecule has 0 aliphatic carbocycles. The van der Waals surface area contributed by atoms with Crippen LogP contribution in [0.4, 0.5) is 0 Å². The van der Waals surface area contributed by atoms with Crippen LogP contribution in [0.5, 0.6) is 5.88 Å². The molecule has 1 saturated heterocycles. The first-order chi connectivity index (χ1) is 12.0. The van der Waals surface area contributed by atoms with Gasteiger partial charge in [0.2, 0.25) is 15.9 Å². The molecule has 2 aromatic heterocycles. The minimum Gasteiger partial charge on any atom is -0.472 e. The molecular weight excluding hydrogens is 348 g/mol. The number of oxazole rings is 1. The fraction of sp³-hybridized carbons (Fsp3) is 0.267. The van der Waals surface area contributed by atoms with Crippen LogP contribution in [0.2, 0.25) is 0 Å². The van der Waals surface area contributed by atoms with Gasteiger partial charge >= 0.3 is 5.76 Å². The van der Waals surface area contributed by atoms with Gasteiger partial charge in [-0.25, -0.2) is 13.2 Å². The predicted molar refractivity (Wildman–Crippen MR) is 86.7 cm³/mol. The van der Waals surface area contributed by atoms with E-state index in [1.165, 1.54) is 28.7 Å². The molecule has 0 unspecified atom stereocenters. The lowest BCUT2D eigenvalue weighted by Crippen LogP contribution is -2.31. The standard InChI is InChI=1S/C15H14N4O5S/c20-15-17-12-8-11(3-4-13(12)24-15)25(21,22)19-7-5-10(9-19)23-14-2-1-6-16-18-14/h1-4,6,8,10H,5,7,9H2,(H,17,20)/t10-/m1/s1. The molecule has 0 saturated carbocycles. The van der Waals surface area contributed by atoms with Gasteiger partial charge in [0.1, 0.15) is 6.10 Å².